The average Bonchev–Trinajstić information content (AvgIpc) is 3.22. The van der Waals surface area contributed by atoms with Crippen LogP contribution in [-0.2, 0) is 19.6 Å². The summed E-state index contributed by atoms with van der Waals surface area (Å²) in [5.74, 6) is -1.09. The number of carbonyl (C=O) groups excluding carboxylic acids is 3. The van der Waals surface area contributed by atoms with E-state index in [1.54, 1.807) is 6.07 Å². The summed E-state index contributed by atoms with van der Waals surface area (Å²) in [5.41, 5.74) is 0. The normalized spacial score (nSPS) is 17.8. The van der Waals surface area contributed by atoms with E-state index in [0.717, 1.165) is 14.4 Å². The Kier molecular flexibility index (Phi) is 8.87. The van der Waals surface area contributed by atoms with Gasteiger partial charge in [0.1, 0.15) is 6.04 Å². The van der Waals surface area contributed by atoms with E-state index in [0.29, 0.717) is 29.2 Å². The fraction of sp³-hybridized carbons (Fsp3) is 0.370. The van der Waals surface area contributed by atoms with E-state index in [1.165, 1.54) is 35.6 Å². The summed E-state index contributed by atoms with van der Waals surface area (Å²) < 4.78 is 28.3. The second-order valence-electron chi connectivity index (χ2n) is 9.77. The topological polar surface area (TPSA) is 113 Å². The Morgan fingerprint density at radius 3 is 2.53 bits per heavy atom. The molecule has 0 bridgehead atoms. The van der Waals surface area contributed by atoms with E-state index in [1.807, 2.05) is 38.1 Å². The average molecular weight is 576 g/mol. The van der Waals surface area contributed by atoms with Crippen LogP contribution in [0.5, 0.6) is 0 Å². The molecule has 0 saturated carbocycles. The number of benzene rings is 2. The van der Waals surface area contributed by atoms with E-state index in [9.17, 15) is 22.8 Å². The molecule has 2 heterocycles. The van der Waals surface area contributed by atoms with Gasteiger partial charge >= 0.3 is 0 Å². The zero-order valence-corrected chi connectivity index (χ0v) is 23.5. The molecule has 202 valence electrons. The van der Waals surface area contributed by atoms with Crippen LogP contribution in [0.4, 0.5) is 0 Å². The highest BCUT2D eigenvalue weighted by Crippen LogP contribution is 2.26. The highest BCUT2D eigenvalue weighted by Gasteiger charge is 2.34. The number of sulfonamides is 1. The molecule has 2 atom stereocenters. The molecule has 0 aliphatic carbocycles. The molecule has 3 aromatic rings. The molecule has 2 amide bonds. The number of Topliss-reactive ketones (excluding diaryl/α,β-unsaturated/α-hetero) is 1. The summed E-state index contributed by atoms with van der Waals surface area (Å²) in [4.78, 5) is 39.9. The molecule has 4 rings (SSSR count). The molecule has 2 aromatic carbocycles. The predicted octanol–water partition coefficient (Wildman–Crippen LogP) is 4.24. The van der Waals surface area contributed by atoms with Crippen molar-refractivity contribution in [1.29, 1.82) is 0 Å². The maximum Gasteiger partial charge on any atom is 0.262 e. The molecular formula is C27H30ClN3O5S2. The maximum absolute atomic E-state index is 13.3. The molecule has 1 fully saturated rings. The van der Waals surface area contributed by atoms with Crippen LogP contribution in [0.3, 0.4) is 0 Å². The third-order valence-electron chi connectivity index (χ3n) is 6.37. The molecular weight excluding hydrogens is 546 g/mol. The molecule has 1 aliphatic heterocycles. The van der Waals surface area contributed by atoms with E-state index in [4.69, 9.17) is 11.6 Å². The molecule has 0 spiro atoms. The van der Waals surface area contributed by atoms with Gasteiger partial charge in [0, 0.05) is 16.3 Å². The van der Waals surface area contributed by atoms with Gasteiger partial charge < -0.3 is 10.6 Å². The molecule has 2 N–H and O–H groups in total. The molecule has 1 aliphatic rings. The first-order valence-electron chi connectivity index (χ1n) is 12.4. The molecule has 11 heteroatoms. The highest BCUT2D eigenvalue weighted by atomic mass is 35.5. The minimum Gasteiger partial charge on any atom is -0.344 e. The smallest absolute Gasteiger partial charge is 0.262 e. The van der Waals surface area contributed by atoms with Gasteiger partial charge in [-0.1, -0.05) is 43.6 Å². The zero-order valence-electron chi connectivity index (χ0n) is 21.1. The lowest BCUT2D eigenvalue weighted by Gasteiger charge is -2.23. The van der Waals surface area contributed by atoms with Crippen molar-refractivity contribution in [3.63, 3.8) is 0 Å². The predicted molar refractivity (Wildman–Crippen MR) is 149 cm³/mol. The lowest BCUT2D eigenvalue weighted by atomic mass is 10.0. The Bertz CT molecular complexity index is 1400. The Balaban J connectivity index is 1.44. The Morgan fingerprint density at radius 1 is 1.13 bits per heavy atom. The molecule has 1 saturated heterocycles. The summed E-state index contributed by atoms with van der Waals surface area (Å²) in [6.45, 7) is 3.70. The Labute approximate surface area is 231 Å². The monoisotopic (exact) mass is 575 g/mol. The van der Waals surface area contributed by atoms with Gasteiger partial charge in [-0.3, -0.25) is 14.4 Å². The Hall–Kier alpha value is -2.79. The van der Waals surface area contributed by atoms with Crippen LogP contribution in [-0.4, -0.2) is 55.5 Å². The van der Waals surface area contributed by atoms with Crippen molar-refractivity contribution in [2.24, 2.45) is 5.92 Å². The summed E-state index contributed by atoms with van der Waals surface area (Å²) in [6.07, 6.45) is 1.09. The summed E-state index contributed by atoms with van der Waals surface area (Å²) in [5, 5.41) is 6.98. The van der Waals surface area contributed by atoms with Gasteiger partial charge in [0.25, 0.3) is 5.91 Å². The zero-order chi connectivity index (χ0) is 27.4. The number of nitrogens with zero attached hydrogens (tertiary/aromatic N) is 1. The fourth-order valence-electron chi connectivity index (χ4n) is 4.41. The highest BCUT2D eigenvalue weighted by molar-refractivity contribution is 7.89. The van der Waals surface area contributed by atoms with Crippen LogP contribution in [0.25, 0.3) is 10.1 Å². The largest absolute Gasteiger partial charge is 0.344 e. The van der Waals surface area contributed by atoms with Crippen LogP contribution < -0.4 is 10.6 Å². The number of nitrogens with one attached hydrogen (secondary N) is 2. The van der Waals surface area contributed by atoms with Gasteiger partial charge in [-0.05, 0) is 67.0 Å². The lowest BCUT2D eigenvalue weighted by molar-refractivity contribution is -0.129. The fourth-order valence-corrected chi connectivity index (χ4v) is 6.94. The van der Waals surface area contributed by atoms with Gasteiger partial charge in [0.05, 0.1) is 22.4 Å². The summed E-state index contributed by atoms with van der Waals surface area (Å²) >= 11 is 7.23. The SMILES string of the molecule is CC(C)CC(NC(=O)c1cc2ccccc2s1)C(=O)N[C@H]1CCCN(S(=O)(=O)c2ccc(Cl)cc2)CC1=O. The third-order valence-corrected chi connectivity index (χ3v) is 9.59. The van der Waals surface area contributed by atoms with Gasteiger partial charge in [-0.2, -0.15) is 4.31 Å². The van der Waals surface area contributed by atoms with Crippen molar-refractivity contribution in [2.45, 2.75) is 50.1 Å². The van der Waals surface area contributed by atoms with Crippen molar-refractivity contribution in [3.05, 3.63) is 64.5 Å². The van der Waals surface area contributed by atoms with E-state index < -0.39 is 33.8 Å². The first kappa shape index (κ1) is 28.2. The summed E-state index contributed by atoms with van der Waals surface area (Å²) in [6, 6.07) is 13.6. The third kappa shape index (κ3) is 6.61. The minimum absolute atomic E-state index is 0.0538. The van der Waals surface area contributed by atoms with Crippen LogP contribution >= 0.6 is 22.9 Å². The van der Waals surface area contributed by atoms with Crippen LogP contribution in [0.1, 0.15) is 42.8 Å². The number of rotatable bonds is 8. The van der Waals surface area contributed by atoms with Gasteiger partial charge in [-0.15, -0.1) is 11.3 Å². The van der Waals surface area contributed by atoms with Crippen LogP contribution in [0.2, 0.25) is 5.02 Å². The van der Waals surface area contributed by atoms with Crippen molar-refractivity contribution in [3.8, 4) is 0 Å². The first-order valence-corrected chi connectivity index (χ1v) is 15.1. The standard InChI is InChI=1S/C27H30ClN3O5S2/c1-17(2)14-22(30-27(34)25-15-18-6-3-4-8-24(18)37-25)26(33)29-21-7-5-13-31(16-23(21)32)38(35,36)20-11-9-19(28)10-12-20/h3-4,6,8-12,15,17,21-22H,5,7,13-14,16H2,1-2H3,(H,29,33)(H,30,34)/t21-,22?/m0/s1. The minimum atomic E-state index is -3.89. The second-order valence-corrected chi connectivity index (χ2v) is 13.2. The maximum atomic E-state index is 13.3. The van der Waals surface area contributed by atoms with E-state index >= 15 is 0 Å². The van der Waals surface area contributed by atoms with Gasteiger partial charge in [0.2, 0.25) is 15.9 Å². The molecule has 1 unspecified atom stereocenters. The second kappa shape index (κ2) is 11.9. The van der Waals surface area contributed by atoms with E-state index in [-0.39, 0.29) is 29.8 Å². The molecule has 0 radical (unpaired) electrons. The number of carbonyl (C=O) groups is 3. The van der Waals surface area contributed by atoms with E-state index in [2.05, 4.69) is 10.6 Å². The van der Waals surface area contributed by atoms with Crippen molar-refractivity contribution in [1.82, 2.24) is 14.9 Å². The number of amides is 2. The van der Waals surface area contributed by atoms with Crippen molar-refractivity contribution < 1.29 is 22.8 Å². The number of ketones is 1. The number of fused-ring (bicyclic) bond motifs is 1. The van der Waals surface area contributed by atoms with Crippen molar-refractivity contribution in [2.75, 3.05) is 13.1 Å². The molecule has 1 aromatic heterocycles. The number of halogens is 1. The van der Waals surface area contributed by atoms with Crippen LogP contribution in [0.15, 0.2) is 59.5 Å². The van der Waals surface area contributed by atoms with Crippen molar-refractivity contribution >= 4 is 60.6 Å². The molecule has 38 heavy (non-hydrogen) atoms. The molecule has 8 nitrogen and oxygen atoms in total. The van der Waals surface area contributed by atoms with Crippen LogP contribution in [0, 0.1) is 5.92 Å². The quantitative estimate of drug-likeness (QED) is 0.417. The first-order chi connectivity index (χ1) is 18.0. The van der Waals surface area contributed by atoms with Gasteiger partial charge in [-0.25, -0.2) is 8.42 Å². The number of thiophene rings is 1. The number of hydrogen-bond donors (Lipinski definition) is 2. The lowest BCUT2D eigenvalue weighted by Crippen LogP contribution is -2.52. The Morgan fingerprint density at radius 2 is 1.84 bits per heavy atom. The summed E-state index contributed by atoms with van der Waals surface area (Å²) in [7, 11) is -3.89. The number of hydrogen-bond acceptors (Lipinski definition) is 6. The van der Waals surface area contributed by atoms with Gasteiger partial charge in [0.15, 0.2) is 5.78 Å².